The van der Waals surface area contributed by atoms with Gasteiger partial charge in [0.05, 0.1) is 11.5 Å². The average Bonchev–Trinajstić information content (AvgIpc) is 2.93. The number of carbonyl (C=O) groups is 1. The molecule has 0 radical (unpaired) electrons. The van der Waals surface area contributed by atoms with Crippen molar-refractivity contribution >= 4 is 17.7 Å². The van der Waals surface area contributed by atoms with Crippen LogP contribution in [-0.2, 0) is 11.2 Å². The van der Waals surface area contributed by atoms with Gasteiger partial charge in [-0.2, -0.15) is 16.7 Å². The Hall–Kier alpha value is -1.08. The highest BCUT2D eigenvalue weighted by molar-refractivity contribution is 7.99. The number of nitrogens with zero attached hydrogens (tertiary/aromatic N) is 3. The Kier molecular flexibility index (Phi) is 5.27. The largest absolute Gasteiger partial charge is 0.481 e. The van der Waals surface area contributed by atoms with Crippen molar-refractivity contribution in [2.75, 3.05) is 25.1 Å². The van der Waals surface area contributed by atoms with E-state index in [-0.39, 0.29) is 6.04 Å². The van der Waals surface area contributed by atoms with Crippen LogP contribution in [0.3, 0.4) is 0 Å². The minimum Gasteiger partial charge on any atom is -0.481 e. The monoisotopic (exact) mass is 313 g/mol. The van der Waals surface area contributed by atoms with Gasteiger partial charge in [0, 0.05) is 24.5 Å². The maximum Gasteiger partial charge on any atom is 0.310 e. The van der Waals surface area contributed by atoms with E-state index in [4.69, 9.17) is 4.52 Å². The molecule has 2 rings (SSSR count). The highest BCUT2D eigenvalue weighted by Crippen LogP contribution is 2.32. The molecule has 1 atom stereocenters. The molecule has 0 saturated carbocycles. The summed E-state index contributed by atoms with van der Waals surface area (Å²) in [5.41, 5.74) is -0.809. The molecular weight excluding hydrogens is 290 g/mol. The van der Waals surface area contributed by atoms with Gasteiger partial charge in [0.1, 0.15) is 0 Å². The minimum atomic E-state index is -0.809. The summed E-state index contributed by atoms with van der Waals surface area (Å²) in [6.45, 7) is 4.78. The van der Waals surface area contributed by atoms with Crippen LogP contribution in [0.15, 0.2) is 4.52 Å². The first-order valence-electron chi connectivity index (χ1n) is 7.36. The average molecular weight is 313 g/mol. The van der Waals surface area contributed by atoms with Gasteiger partial charge in [-0.05, 0) is 19.9 Å². The summed E-state index contributed by atoms with van der Waals surface area (Å²) in [5, 5.41) is 13.5. The van der Waals surface area contributed by atoms with Gasteiger partial charge in [-0.1, -0.05) is 19.0 Å². The summed E-state index contributed by atoms with van der Waals surface area (Å²) in [6.07, 6.45) is 1.40. The van der Waals surface area contributed by atoms with Gasteiger partial charge in [-0.25, -0.2) is 0 Å². The third-order valence-electron chi connectivity index (χ3n) is 4.47. The lowest BCUT2D eigenvalue weighted by Gasteiger charge is -2.29. The van der Waals surface area contributed by atoms with E-state index in [1.807, 2.05) is 25.6 Å². The summed E-state index contributed by atoms with van der Waals surface area (Å²) in [7, 11) is 2.06. The number of hydrogen-bond donors (Lipinski definition) is 1. The van der Waals surface area contributed by atoms with Gasteiger partial charge < -0.3 is 9.63 Å². The van der Waals surface area contributed by atoms with Gasteiger partial charge in [-0.3, -0.25) is 9.69 Å². The molecule has 1 fully saturated rings. The van der Waals surface area contributed by atoms with Gasteiger partial charge in [0.25, 0.3) is 0 Å². The van der Waals surface area contributed by atoms with Crippen molar-refractivity contribution in [3.63, 3.8) is 0 Å². The predicted molar refractivity (Wildman–Crippen MR) is 81.3 cm³/mol. The van der Waals surface area contributed by atoms with Gasteiger partial charge >= 0.3 is 5.97 Å². The van der Waals surface area contributed by atoms with E-state index in [0.29, 0.717) is 31.0 Å². The van der Waals surface area contributed by atoms with Crippen LogP contribution in [-0.4, -0.2) is 51.2 Å². The lowest BCUT2D eigenvalue weighted by molar-refractivity contribution is -0.149. The SMILES string of the molecule is CCC(CC)(Cc1nc(C2CSCCN2C)no1)C(=O)O. The molecule has 6 nitrogen and oxygen atoms in total. The molecule has 0 spiro atoms. The highest BCUT2D eigenvalue weighted by atomic mass is 32.2. The Labute approximate surface area is 129 Å². The van der Waals surface area contributed by atoms with Crippen LogP contribution in [0, 0.1) is 5.41 Å². The number of aliphatic carboxylic acids is 1. The molecule has 1 N–H and O–H groups in total. The first-order chi connectivity index (χ1) is 10.0. The number of carboxylic acids is 1. The molecule has 7 heteroatoms. The van der Waals surface area contributed by atoms with Crippen molar-refractivity contribution in [2.24, 2.45) is 5.41 Å². The van der Waals surface area contributed by atoms with Crippen molar-refractivity contribution in [1.82, 2.24) is 15.0 Å². The zero-order valence-corrected chi connectivity index (χ0v) is 13.7. The number of rotatable bonds is 6. The van der Waals surface area contributed by atoms with Crippen LogP contribution in [0.1, 0.15) is 44.4 Å². The Morgan fingerprint density at radius 3 is 2.81 bits per heavy atom. The molecule has 2 heterocycles. The maximum atomic E-state index is 11.5. The fraction of sp³-hybridized carbons (Fsp3) is 0.786. The Morgan fingerprint density at radius 1 is 1.52 bits per heavy atom. The van der Waals surface area contributed by atoms with Crippen molar-refractivity contribution < 1.29 is 14.4 Å². The van der Waals surface area contributed by atoms with E-state index in [1.165, 1.54) is 0 Å². The molecule has 0 aromatic carbocycles. The van der Waals surface area contributed by atoms with Crippen LogP contribution in [0.4, 0.5) is 0 Å². The second-order valence-corrected chi connectivity index (χ2v) is 6.74. The van der Waals surface area contributed by atoms with Crippen molar-refractivity contribution in [3.05, 3.63) is 11.7 Å². The summed E-state index contributed by atoms with van der Waals surface area (Å²) in [5.74, 6) is 2.37. The van der Waals surface area contributed by atoms with Crippen molar-refractivity contribution in [2.45, 2.75) is 39.2 Å². The van der Waals surface area contributed by atoms with E-state index < -0.39 is 11.4 Å². The Morgan fingerprint density at radius 2 is 2.24 bits per heavy atom. The van der Waals surface area contributed by atoms with E-state index in [9.17, 15) is 9.90 Å². The van der Waals surface area contributed by atoms with E-state index in [1.54, 1.807) is 0 Å². The van der Waals surface area contributed by atoms with Crippen molar-refractivity contribution in [1.29, 1.82) is 0 Å². The normalized spacial score (nSPS) is 20.6. The molecule has 0 aliphatic carbocycles. The van der Waals surface area contributed by atoms with Crippen LogP contribution < -0.4 is 0 Å². The highest BCUT2D eigenvalue weighted by Gasteiger charge is 2.37. The summed E-state index contributed by atoms with van der Waals surface area (Å²) < 4.78 is 5.32. The summed E-state index contributed by atoms with van der Waals surface area (Å²) in [6, 6.07) is 0.156. The standard InChI is InChI=1S/C14H23N3O3S/c1-4-14(5-2,13(18)19)8-11-15-12(16-20-11)10-9-21-7-6-17(10)3/h10H,4-9H2,1-3H3,(H,18,19). The molecule has 1 aromatic rings. The number of carboxylic acid groups (broad SMARTS) is 1. The Bertz CT molecular complexity index is 488. The van der Waals surface area contributed by atoms with Crippen molar-refractivity contribution in [3.8, 4) is 0 Å². The summed E-state index contributed by atoms with van der Waals surface area (Å²) in [4.78, 5) is 18.2. The molecule has 1 saturated heterocycles. The molecule has 1 aromatic heterocycles. The second kappa shape index (κ2) is 6.79. The first-order valence-corrected chi connectivity index (χ1v) is 8.51. The molecule has 0 amide bonds. The number of aromatic nitrogens is 2. The zero-order chi connectivity index (χ0) is 15.5. The third-order valence-corrected chi connectivity index (χ3v) is 5.50. The smallest absolute Gasteiger partial charge is 0.310 e. The van der Waals surface area contributed by atoms with Crippen LogP contribution in [0.2, 0.25) is 0 Å². The molecule has 1 aliphatic rings. The molecular formula is C14H23N3O3S. The summed E-state index contributed by atoms with van der Waals surface area (Å²) >= 11 is 1.88. The Balaban J connectivity index is 2.14. The second-order valence-electron chi connectivity index (χ2n) is 5.59. The lowest BCUT2D eigenvalue weighted by atomic mass is 9.79. The molecule has 1 aliphatic heterocycles. The maximum absolute atomic E-state index is 11.5. The molecule has 118 valence electrons. The predicted octanol–water partition coefficient (Wildman–Crippen LogP) is 2.22. The number of thioether (sulfide) groups is 1. The van der Waals surface area contributed by atoms with Crippen LogP contribution in [0.25, 0.3) is 0 Å². The van der Waals surface area contributed by atoms with Crippen LogP contribution in [0.5, 0.6) is 0 Å². The lowest BCUT2D eigenvalue weighted by Crippen LogP contribution is -2.33. The van der Waals surface area contributed by atoms with E-state index >= 15 is 0 Å². The van der Waals surface area contributed by atoms with E-state index in [0.717, 1.165) is 18.1 Å². The molecule has 0 bridgehead atoms. The zero-order valence-electron chi connectivity index (χ0n) is 12.8. The molecule has 21 heavy (non-hydrogen) atoms. The quantitative estimate of drug-likeness (QED) is 0.862. The molecule has 1 unspecified atom stereocenters. The fourth-order valence-corrected chi connectivity index (χ4v) is 3.81. The van der Waals surface area contributed by atoms with Gasteiger partial charge in [0.15, 0.2) is 5.82 Å². The van der Waals surface area contributed by atoms with Gasteiger partial charge in [0.2, 0.25) is 5.89 Å². The topological polar surface area (TPSA) is 79.5 Å². The fourth-order valence-electron chi connectivity index (χ4n) is 2.60. The third kappa shape index (κ3) is 3.40. The van der Waals surface area contributed by atoms with Crippen LogP contribution >= 0.6 is 11.8 Å². The van der Waals surface area contributed by atoms with Gasteiger partial charge in [-0.15, -0.1) is 0 Å². The minimum absolute atomic E-state index is 0.156. The number of hydrogen-bond acceptors (Lipinski definition) is 6. The first kappa shape index (κ1) is 16.3. The van der Waals surface area contributed by atoms with E-state index in [2.05, 4.69) is 22.1 Å².